The number of piperidine rings is 1. The van der Waals surface area contributed by atoms with Crippen LogP contribution in [0.3, 0.4) is 0 Å². The Morgan fingerprint density at radius 1 is 1.32 bits per heavy atom. The largest absolute Gasteiger partial charge is 0.334 e. The maximum absolute atomic E-state index is 5.40. The number of benzene rings is 1. The van der Waals surface area contributed by atoms with Crippen molar-refractivity contribution >= 4 is 31.9 Å². The standard InChI is InChI=1S/C13H13Br2N3O/c14-9-3-4-11(15)10(6-9)13-17-12(18-19-13)8-2-1-5-16-7-8/h3-4,6,8,16H,1-2,5,7H2. The van der Waals surface area contributed by atoms with E-state index in [9.17, 15) is 0 Å². The predicted octanol–water partition coefficient (Wildman–Crippen LogP) is 3.73. The minimum Gasteiger partial charge on any atom is -0.334 e. The number of nitrogens with one attached hydrogen (secondary N) is 1. The molecule has 1 aromatic carbocycles. The molecule has 1 N–H and O–H groups in total. The molecule has 3 rings (SSSR count). The molecule has 100 valence electrons. The van der Waals surface area contributed by atoms with Crippen molar-refractivity contribution in [1.29, 1.82) is 0 Å². The molecule has 1 aliphatic heterocycles. The Kier molecular flexibility index (Phi) is 4.00. The van der Waals surface area contributed by atoms with Gasteiger partial charge in [0.05, 0.1) is 5.56 Å². The molecule has 0 spiro atoms. The van der Waals surface area contributed by atoms with Gasteiger partial charge in [-0.25, -0.2) is 0 Å². The minimum absolute atomic E-state index is 0.358. The number of aromatic nitrogens is 2. The van der Waals surface area contributed by atoms with Gasteiger partial charge in [-0.2, -0.15) is 4.98 Å². The zero-order valence-corrected chi connectivity index (χ0v) is 13.4. The first-order valence-electron chi connectivity index (χ1n) is 6.24. The van der Waals surface area contributed by atoms with Crippen LogP contribution in [0.5, 0.6) is 0 Å². The first-order chi connectivity index (χ1) is 9.24. The summed E-state index contributed by atoms with van der Waals surface area (Å²) in [4.78, 5) is 4.54. The van der Waals surface area contributed by atoms with E-state index < -0.39 is 0 Å². The Labute approximate surface area is 128 Å². The van der Waals surface area contributed by atoms with E-state index in [4.69, 9.17) is 4.52 Å². The highest BCUT2D eigenvalue weighted by Gasteiger charge is 2.21. The van der Waals surface area contributed by atoms with Gasteiger partial charge in [-0.3, -0.25) is 0 Å². The van der Waals surface area contributed by atoms with E-state index in [0.29, 0.717) is 11.8 Å². The molecule has 1 aliphatic rings. The van der Waals surface area contributed by atoms with Crippen molar-refractivity contribution in [3.63, 3.8) is 0 Å². The van der Waals surface area contributed by atoms with Gasteiger partial charge in [-0.05, 0) is 53.5 Å². The number of hydrogen-bond acceptors (Lipinski definition) is 4. The maximum Gasteiger partial charge on any atom is 0.259 e. The zero-order chi connectivity index (χ0) is 13.2. The van der Waals surface area contributed by atoms with Gasteiger partial charge in [0.25, 0.3) is 5.89 Å². The second-order valence-corrected chi connectivity index (χ2v) is 6.40. The van der Waals surface area contributed by atoms with Gasteiger partial charge in [-0.15, -0.1) is 0 Å². The maximum atomic E-state index is 5.40. The summed E-state index contributed by atoms with van der Waals surface area (Å²) in [5, 5.41) is 7.49. The molecule has 4 nitrogen and oxygen atoms in total. The van der Waals surface area contributed by atoms with Gasteiger partial charge in [0.2, 0.25) is 0 Å². The van der Waals surface area contributed by atoms with Gasteiger partial charge in [0.1, 0.15) is 0 Å². The molecule has 1 saturated heterocycles. The lowest BCUT2D eigenvalue weighted by Gasteiger charge is -2.19. The Morgan fingerprint density at radius 2 is 2.21 bits per heavy atom. The summed E-state index contributed by atoms with van der Waals surface area (Å²) in [6, 6.07) is 5.90. The summed E-state index contributed by atoms with van der Waals surface area (Å²) in [5.41, 5.74) is 0.914. The lowest BCUT2D eigenvalue weighted by atomic mass is 9.99. The third-order valence-electron chi connectivity index (χ3n) is 3.26. The van der Waals surface area contributed by atoms with Crippen molar-refractivity contribution < 1.29 is 4.52 Å². The molecule has 2 heterocycles. The summed E-state index contributed by atoms with van der Waals surface area (Å²) in [6.45, 7) is 2.01. The van der Waals surface area contributed by atoms with Crippen LogP contribution in [0.15, 0.2) is 31.7 Å². The molecule has 1 fully saturated rings. The second-order valence-electron chi connectivity index (χ2n) is 4.63. The Hall–Kier alpha value is -0.720. The molecule has 1 atom stereocenters. The Morgan fingerprint density at radius 3 is 3.00 bits per heavy atom. The average molecular weight is 387 g/mol. The lowest BCUT2D eigenvalue weighted by molar-refractivity contribution is 0.393. The van der Waals surface area contributed by atoms with Gasteiger partial charge < -0.3 is 9.84 Å². The Bertz CT molecular complexity index is 579. The highest BCUT2D eigenvalue weighted by molar-refractivity contribution is 9.11. The quantitative estimate of drug-likeness (QED) is 0.854. The van der Waals surface area contributed by atoms with Crippen LogP contribution >= 0.6 is 31.9 Å². The number of rotatable bonds is 2. The smallest absolute Gasteiger partial charge is 0.259 e. The van der Waals surface area contributed by atoms with Crippen LogP contribution in [0.1, 0.15) is 24.6 Å². The minimum atomic E-state index is 0.358. The molecule has 0 radical (unpaired) electrons. The van der Waals surface area contributed by atoms with E-state index >= 15 is 0 Å². The van der Waals surface area contributed by atoms with Gasteiger partial charge >= 0.3 is 0 Å². The second kappa shape index (κ2) is 5.73. The van der Waals surface area contributed by atoms with Crippen molar-refractivity contribution in [2.75, 3.05) is 13.1 Å². The average Bonchev–Trinajstić information content (AvgIpc) is 2.92. The summed E-state index contributed by atoms with van der Waals surface area (Å²) < 4.78 is 7.34. The van der Waals surface area contributed by atoms with Crippen molar-refractivity contribution in [3.8, 4) is 11.5 Å². The van der Waals surface area contributed by atoms with Crippen molar-refractivity contribution in [3.05, 3.63) is 33.0 Å². The topological polar surface area (TPSA) is 51.0 Å². The van der Waals surface area contributed by atoms with Crippen LogP contribution in [0, 0.1) is 0 Å². The molecule has 0 amide bonds. The highest BCUT2D eigenvalue weighted by Crippen LogP contribution is 2.31. The molecule has 0 bridgehead atoms. The third-order valence-corrected chi connectivity index (χ3v) is 4.45. The van der Waals surface area contributed by atoms with Gasteiger partial charge in [-0.1, -0.05) is 21.1 Å². The van der Waals surface area contributed by atoms with E-state index in [1.165, 1.54) is 0 Å². The summed E-state index contributed by atoms with van der Waals surface area (Å²) in [7, 11) is 0. The summed E-state index contributed by atoms with van der Waals surface area (Å²) in [6.07, 6.45) is 2.28. The van der Waals surface area contributed by atoms with Crippen molar-refractivity contribution in [2.24, 2.45) is 0 Å². The monoisotopic (exact) mass is 385 g/mol. The van der Waals surface area contributed by atoms with Crippen LogP contribution in [-0.4, -0.2) is 23.2 Å². The van der Waals surface area contributed by atoms with Crippen LogP contribution in [0.4, 0.5) is 0 Å². The third kappa shape index (κ3) is 2.90. The predicted molar refractivity (Wildman–Crippen MR) is 80.0 cm³/mol. The van der Waals surface area contributed by atoms with Crippen LogP contribution in [0.2, 0.25) is 0 Å². The Balaban J connectivity index is 1.89. The highest BCUT2D eigenvalue weighted by atomic mass is 79.9. The molecule has 19 heavy (non-hydrogen) atoms. The van der Waals surface area contributed by atoms with Gasteiger partial charge in [0.15, 0.2) is 5.82 Å². The van der Waals surface area contributed by atoms with Crippen LogP contribution in [0.25, 0.3) is 11.5 Å². The summed E-state index contributed by atoms with van der Waals surface area (Å²) >= 11 is 6.97. The SMILES string of the molecule is Brc1ccc(Br)c(-c2nc(C3CCCNC3)no2)c1. The fraction of sp³-hybridized carbons (Fsp3) is 0.385. The molecule has 2 aromatic rings. The fourth-order valence-corrected chi connectivity index (χ4v) is 3.02. The normalized spacial score (nSPS) is 19.6. The zero-order valence-electron chi connectivity index (χ0n) is 10.2. The van der Waals surface area contributed by atoms with E-state index in [1.807, 2.05) is 18.2 Å². The van der Waals surface area contributed by atoms with Gasteiger partial charge in [0, 0.05) is 21.4 Å². The van der Waals surface area contributed by atoms with E-state index in [2.05, 4.69) is 47.3 Å². The molecular weight excluding hydrogens is 374 g/mol. The molecule has 1 aromatic heterocycles. The van der Waals surface area contributed by atoms with Crippen LogP contribution < -0.4 is 5.32 Å². The summed E-state index contributed by atoms with van der Waals surface area (Å²) in [5.74, 6) is 1.72. The van der Waals surface area contributed by atoms with E-state index in [-0.39, 0.29) is 0 Å². The first kappa shape index (κ1) is 13.3. The molecule has 0 saturated carbocycles. The van der Waals surface area contributed by atoms with E-state index in [1.54, 1.807) is 0 Å². The molecule has 6 heteroatoms. The lowest BCUT2D eigenvalue weighted by Crippen LogP contribution is -2.28. The molecular formula is C13H13Br2N3O. The molecule has 1 unspecified atom stereocenters. The van der Waals surface area contributed by atoms with Crippen LogP contribution in [-0.2, 0) is 0 Å². The first-order valence-corrected chi connectivity index (χ1v) is 7.82. The molecule has 0 aliphatic carbocycles. The number of halogens is 2. The van der Waals surface area contributed by atoms with Crippen molar-refractivity contribution in [1.82, 2.24) is 15.5 Å². The van der Waals surface area contributed by atoms with E-state index in [0.717, 1.165) is 46.3 Å². The number of nitrogens with zero attached hydrogens (tertiary/aromatic N) is 2. The van der Waals surface area contributed by atoms with Crippen molar-refractivity contribution in [2.45, 2.75) is 18.8 Å². The fourth-order valence-electron chi connectivity index (χ4n) is 2.24. The number of hydrogen-bond donors (Lipinski definition) is 1.